The predicted molar refractivity (Wildman–Crippen MR) is 110 cm³/mol. The summed E-state index contributed by atoms with van der Waals surface area (Å²) in [6.07, 6.45) is -0.701. The first-order valence-corrected chi connectivity index (χ1v) is 10.2. The van der Waals surface area contributed by atoms with Gasteiger partial charge in [0, 0.05) is 38.3 Å². The summed E-state index contributed by atoms with van der Waals surface area (Å²) in [6, 6.07) is 9.35. The highest BCUT2D eigenvalue weighted by Gasteiger charge is 2.22. The molecule has 0 amide bonds. The van der Waals surface area contributed by atoms with E-state index < -0.39 is 11.9 Å². The van der Waals surface area contributed by atoms with Crippen molar-refractivity contribution in [2.75, 3.05) is 32.7 Å². The fourth-order valence-electron chi connectivity index (χ4n) is 3.72. The first-order valence-electron chi connectivity index (χ1n) is 10.2. The summed E-state index contributed by atoms with van der Waals surface area (Å²) in [5.41, 5.74) is 1.71. The van der Waals surface area contributed by atoms with Crippen molar-refractivity contribution < 1.29 is 14.0 Å². The number of hydrogen-bond donors (Lipinski definition) is 1. The third-order valence-corrected chi connectivity index (χ3v) is 5.48. The second-order valence-corrected chi connectivity index (χ2v) is 7.73. The van der Waals surface area contributed by atoms with Crippen LogP contribution >= 0.6 is 0 Å². The lowest BCUT2D eigenvalue weighted by Crippen LogP contribution is -2.48. The number of aliphatic hydroxyl groups excluding tert-OH is 1. The number of benzene rings is 1. The van der Waals surface area contributed by atoms with Gasteiger partial charge in [0.15, 0.2) is 5.82 Å². The molecular weight excluding hydrogens is 386 g/mol. The van der Waals surface area contributed by atoms with Crippen molar-refractivity contribution in [3.8, 4) is 11.4 Å². The van der Waals surface area contributed by atoms with Gasteiger partial charge in [-0.3, -0.25) is 18.9 Å². The zero-order chi connectivity index (χ0) is 21.1. The number of piperazine rings is 1. The van der Waals surface area contributed by atoms with Crippen molar-refractivity contribution in [3.05, 3.63) is 58.2 Å². The van der Waals surface area contributed by atoms with E-state index in [1.54, 1.807) is 0 Å². The number of nitrogens with zero attached hydrogens (tertiary/aromatic N) is 5. The van der Waals surface area contributed by atoms with Gasteiger partial charge in [0.1, 0.15) is 5.76 Å². The molecular formula is C21H27N5O4. The van der Waals surface area contributed by atoms with Crippen LogP contribution in [0.5, 0.6) is 0 Å². The summed E-state index contributed by atoms with van der Waals surface area (Å²) >= 11 is 0. The Labute approximate surface area is 174 Å². The second kappa shape index (κ2) is 8.95. The molecule has 30 heavy (non-hydrogen) atoms. The molecule has 0 aliphatic carbocycles. The third-order valence-electron chi connectivity index (χ3n) is 5.48. The monoisotopic (exact) mass is 413 g/mol. The van der Waals surface area contributed by atoms with Gasteiger partial charge in [0.05, 0.1) is 24.9 Å². The predicted octanol–water partition coefficient (Wildman–Crippen LogP) is 1.29. The minimum Gasteiger partial charge on any atom is -0.444 e. The standard InChI is InChI=1S/C21H27N5O4/c1-15-16(2)29-19(22-15)14-25-10-8-24(9-11-25)12-18(27)13-26-20(23-30-21(26)28)17-6-4-3-5-7-17/h3-7,18,27H,8-14H2,1-2H3. The minimum absolute atomic E-state index is 0.141. The Morgan fingerprint density at radius 3 is 2.43 bits per heavy atom. The lowest BCUT2D eigenvalue weighted by molar-refractivity contribution is 0.0590. The van der Waals surface area contributed by atoms with Gasteiger partial charge < -0.3 is 9.52 Å². The van der Waals surface area contributed by atoms with Gasteiger partial charge in [0.25, 0.3) is 0 Å². The van der Waals surface area contributed by atoms with Crippen LogP contribution in [-0.2, 0) is 13.1 Å². The van der Waals surface area contributed by atoms with Crippen molar-refractivity contribution in [3.63, 3.8) is 0 Å². The molecule has 1 saturated heterocycles. The number of aryl methyl sites for hydroxylation is 2. The Morgan fingerprint density at radius 1 is 1.07 bits per heavy atom. The van der Waals surface area contributed by atoms with Crippen LogP contribution in [-0.4, -0.2) is 68.4 Å². The molecule has 1 unspecified atom stereocenters. The van der Waals surface area contributed by atoms with Crippen molar-refractivity contribution in [2.45, 2.75) is 33.0 Å². The smallest absolute Gasteiger partial charge is 0.441 e. The van der Waals surface area contributed by atoms with E-state index in [1.807, 2.05) is 44.2 Å². The van der Waals surface area contributed by atoms with Crippen molar-refractivity contribution in [1.29, 1.82) is 0 Å². The van der Waals surface area contributed by atoms with Gasteiger partial charge in [-0.1, -0.05) is 35.5 Å². The summed E-state index contributed by atoms with van der Waals surface area (Å²) in [6.45, 7) is 8.60. The first kappa shape index (κ1) is 20.5. The molecule has 4 rings (SSSR count). The van der Waals surface area contributed by atoms with E-state index >= 15 is 0 Å². The van der Waals surface area contributed by atoms with E-state index in [0.717, 1.165) is 49.1 Å². The fourth-order valence-corrected chi connectivity index (χ4v) is 3.72. The summed E-state index contributed by atoms with van der Waals surface area (Å²) < 4.78 is 11.9. The molecule has 1 aliphatic heterocycles. The number of rotatable bonds is 7. The Kier molecular flexibility index (Phi) is 6.12. The van der Waals surface area contributed by atoms with Gasteiger partial charge >= 0.3 is 5.76 Å². The van der Waals surface area contributed by atoms with Crippen molar-refractivity contribution in [1.82, 2.24) is 24.5 Å². The largest absolute Gasteiger partial charge is 0.444 e. The normalized spacial score (nSPS) is 16.8. The Hall–Kier alpha value is -2.75. The maximum absolute atomic E-state index is 12.1. The van der Waals surface area contributed by atoms with E-state index in [-0.39, 0.29) is 6.54 Å². The minimum atomic E-state index is -0.701. The highest BCUT2D eigenvalue weighted by Crippen LogP contribution is 2.16. The molecule has 0 radical (unpaired) electrons. The van der Waals surface area contributed by atoms with Gasteiger partial charge in [-0.05, 0) is 13.8 Å². The fraction of sp³-hybridized carbons (Fsp3) is 0.476. The van der Waals surface area contributed by atoms with E-state index in [4.69, 9.17) is 8.94 Å². The van der Waals surface area contributed by atoms with E-state index in [2.05, 4.69) is 19.9 Å². The molecule has 0 bridgehead atoms. The molecule has 1 N–H and O–H groups in total. The van der Waals surface area contributed by atoms with Gasteiger partial charge in [-0.15, -0.1) is 0 Å². The summed E-state index contributed by atoms with van der Waals surface area (Å²) in [4.78, 5) is 21.0. The topological polar surface area (TPSA) is 101 Å². The third kappa shape index (κ3) is 4.69. The highest BCUT2D eigenvalue weighted by molar-refractivity contribution is 5.54. The van der Waals surface area contributed by atoms with E-state index in [9.17, 15) is 9.90 Å². The van der Waals surface area contributed by atoms with Crippen LogP contribution in [0.15, 0.2) is 44.1 Å². The van der Waals surface area contributed by atoms with E-state index in [1.165, 1.54) is 4.57 Å². The molecule has 1 fully saturated rings. The molecule has 1 aliphatic rings. The summed E-state index contributed by atoms with van der Waals surface area (Å²) in [7, 11) is 0. The molecule has 2 aromatic heterocycles. The van der Waals surface area contributed by atoms with Crippen LogP contribution < -0.4 is 5.76 Å². The number of aliphatic hydroxyl groups is 1. The lowest BCUT2D eigenvalue weighted by atomic mass is 10.2. The molecule has 160 valence electrons. The number of hydrogen-bond acceptors (Lipinski definition) is 8. The quantitative estimate of drug-likeness (QED) is 0.618. The number of oxazole rings is 1. The lowest BCUT2D eigenvalue weighted by Gasteiger charge is -2.35. The first-order chi connectivity index (χ1) is 14.5. The molecule has 1 aromatic carbocycles. The molecule has 0 saturated carbocycles. The molecule has 1 atom stereocenters. The van der Waals surface area contributed by atoms with Gasteiger partial charge in [0.2, 0.25) is 5.89 Å². The zero-order valence-corrected chi connectivity index (χ0v) is 17.3. The Bertz CT molecular complexity index is 998. The molecule has 3 aromatic rings. The molecule has 9 heteroatoms. The van der Waals surface area contributed by atoms with Crippen LogP contribution in [0.3, 0.4) is 0 Å². The van der Waals surface area contributed by atoms with Crippen LogP contribution in [0.1, 0.15) is 17.3 Å². The van der Waals surface area contributed by atoms with Gasteiger partial charge in [-0.2, -0.15) is 0 Å². The average Bonchev–Trinajstić information content (AvgIpc) is 3.25. The van der Waals surface area contributed by atoms with Crippen LogP contribution in [0, 0.1) is 13.8 Å². The van der Waals surface area contributed by atoms with E-state index in [0.29, 0.717) is 18.9 Å². The maximum Gasteiger partial charge on any atom is 0.441 e. The Morgan fingerprint density at radius 2 is 1.77 bits per heavy atom. The number of β-amino-alcohol motifs (C(OH)–C–C–N with tert-alkyl or cyclic N) is 1. The van der Waals surface area contributed by atoms with Crippen LogP contribution in [0.2, 0.25) is 0 Å². The molecule has 9 nitrogen and oxygen atoms in total. The van der Waals surface area contributed by atoms with Gasteiger partial charge in [-0.25, -0.2) is 9.78 Å². The molecule has 3 heterocycles. The van der Waals surface area contributed by atoms with Crippen LogP contribution in [0.4, 0.5) is 0 Å². The second-order valence-electron chi connectivity index (χ2n) is 7.73. The van der Waals surface area contributed by atoms with Crippen LogP contribution in [0.25, 0.3) is 11.4 Å². The highest BCUT2D eigenvalue weighted by atomic mass is 16.5. The van der Waals surface area contributed by atoms with Crippen molar-refractivity contribution in [2.24, 2.45) is 0 Å². The summed E-state index contributed by atoms with van der Waals surface area (Å²) in [5.74, 6) is 1.49. The number of aromatic nitrogens is 3. The average molecular weight is 413 g/mol. The zero-order valence-electron chi connectivity index (χ0n) is 17.3. The Balaban J connectivity index is 1.30. The SMILES string of the molecule is Cc1nc(CN2CCN(CC(O)Cn3c(-c4ccccc4)noc3=O)CC2)oc1C. The summed E-state index contributed by atoms with van der Waals surface area (Å²) in [5, 5.41) is 14.5. The molecule has 0 spiro atoms. The maximum atomic E-state index is 12.1. The van der Waals surface area contributed by atoms with Crippen molar-refractivity contribution >= 4 is 0 Å².